The number of ether oxygens (including phenoxy) is 3. The molecular weight excluding hydrogens is 336 g/mol. The number of benzene rings is 1. The summed E-state index contributed by atoms with van der Waals surface area (Å²) in [5.74, 6) is -4.25. The number of anilines is 1. The van der Waals surface area contributed by atoms with E-state index < -0.39 is 29.3 Å². The number of rotatable bonds is 3. The van der Waals surface area contributed by atoms with Crippen LogP contribution in [-0.4, -0.2) is 39.5 Å². The Morgan fingerprint density at radius 1 is 1.22 bits per heavy atom. The van der Waals surface area contributed by atoms with Gasteiger partial charge in [-0.3, -0.25) is 0 Å². The van der Waals surface area contributed by atoms with Crippen LogP contribution in [0.2, 0.25) is 5.02 Å². The largest absolute Gasteiger partial charge is 0.466 e. The van der Waals surface area contributed by atoms with Crippen molar-refractivity contribution in [2.75, 3.05) is 32.5 Å². The summed E-state index contributed by atoms with van der Waals surface area (Å²) in [7, 11) is 2.19. The van der Waals surface area contributed by atoms with Gasteiger partial charge in [0.1, 0.15) is 18.1 Å². The zero-order valence-electron chi connectivity index (χ0n) is 12.2. The average molecular weight is 348 g/mol. The summed E-state index contributed by atoms with van der Waals surface area (Å²) in [4.78, 5) is 24.8. The lowest BCUT2D eigenvalue weighted by Crippen LogP contribution is -2.39. The summed E-state index contributed by atoms with van der Waals surface area (Å²) in [5.41, 5.74) is -0.949. The van der Waals surface area contributed by atoms with E-state index in [1.807, 2.05) is 0 Å². The van der Waals surface area contributed by atoms with Crippen LogP contribution in [0.4, 0.5) is 14.5 Å². The van der Waals surface area contributed by atoms with Gasteiger partial charge in [-0.15, -0.1) is 0 Å². The minimum atomic E-state index is -1.28. The maximum absolute atomic E-state index is 14.2. The topological polar surface area (TPSA) is 65.1 Å². The van der Waals surface area contributed by atoms with Crippen molar-refractivity contribution in [2.24, 2.45) is 0 Å². The number of halogens is 3. The van der Waals surface area contributed by atoms with Gasteiger partial charge in [0.15, 0.2) is 11.6 Å². The average Bonchev–Trinajstić information content (AvgIpc) is 2.56. The van der Waals surface area contributed by atoms with Gasteiger partial charge in [0.25, 0.3) is 0 Å². The Morgan fingerprint density at radius 2 is 1.87 bits per heavy atom. The lowest BCUT2D eigenvalue weighted by Gasteiger charge is -2.32. The van der Waals surface area contributed by atoms with Crippen LogP contribution in [0.5, 0.6) is 0 Å². The molecule has 6 nitrogen and oxygen atoms in total. The van der Waals surface area contributed by atoms with Gasteiger partial charge in [-0.25, -0.2) is 18.4 Å². The molecule has 0 spiro atoms. The van der Waals surface area contributed by atoms with Gasteiger partial charge >= 0.3 is 11.9 Å². The Bertz CT molecular complexity index is 692. The second-order valence-electron chi connectivity index (χ2n) is 4.41. The first-order valence-electron chi connectivity index (χ1n) is 6.30. The zero-order chi connectivity index (χ0) is 17.1. The van der Waals surface area contributed by atoms with E-state index in [0.29, 0.717) is 0 Å². The Labute approximate surface area is 135 Å². The molecule has 0 aliphatic carbocycles. The molecule has 0 fully saturated rings. The molecule has 0 radical (unpaired) electrons. The summed E-state index contributed by atoms with van der Waals surface area (Å²) in [6.45, 7) is -0.576. The molecule has 1 aliphatic rings. The number of hydrogen-bond donors (Lipinski definition) is 0. The molecule has 0 atom stereocenters. The van der Waals surface area contributed by atoms with E-state index in [1.54, 1.807) is 0 Å². The molecule has 1 heterocycles. The molecule has 0 bridgehead atoms. The van der Waals surface area contributed by atoms with E-state index in [0.717, 1.165) is 31.3 Å². The van der Waals surface area contributed by atoms with Crippen LogP contribution in [0.25, 0.3) is 0 Å². The van der Waals surface area contributed by atoms with E-state index in [2.05, 4.69) is 9.47 Å². The fourth-order valence-electron chi connectivity index (χ4n) is 2.08. The van der Waals surface area contributed by atoms with Gasteiger partial charge in [0, 0.05) is 0 Å². The van der Waals surface area contributed by atoms with Gasteiger partial charge in [-0.2, -0.15) is 0 Å². The highest BCUT2D eigenvalue weighted by atomic mass is 35.5. The van der Waals surface area contributed by atoms with Gasteiger partial charge in [0.05, 0.1) is 31.4 Å². The molecule has 0 saturated heterocycles. The van der Waals surface area contributed by atoms with Crippen molar-refractivity contribution >= 4 is 29.2 Å². The second kappa shape index (κ2) is 6.93. The number of esters is 2. The van der Waals surface area contributed by atoms with Gasteiger partial charge in [-0.1, -0.05) is 11.6 Å². The highest BCUT2D eigenvalue weighted by Gasteiger charge is 2.35. The minimum Gasteiger partial charge on any atom is -0.466 e. The van der Waals surface area contributed by atoms with Crippen molar-refractivity contribution in [3.05, 3.63) is 40.1 Å². The number of carbonyl (C=O) groups is 2. The third-order valence-electron chi connectivity index (χ3n) is 3.12. The van der Waals surface area contributed by atoms with Crippen molar-refractivity contribution in [3.63, 3.8) is 0 Å². The quantitative estimate of drug-likeness (QED) is 0.615. The maximum Gasteiger partial charge on any atom is 0.355 e. The van der Waals surface area contributed by atoms with Crippen LogP contribution < -0.4 is 4.90 Å². The third kappa shape index (κ3) is 3.13. The first-order chi connectivity index (χ1) is 10.9. The van der Waals surface area contributed by atoms with E-state index in [-0.39, 0.29) is 29.6 Å². The normalized spacial score (nSPS) is 14.7. The number of hydrogen-bond acceptors (Lipinski definition) is 6. The predicted molar refractivity (Wildman–Crippen MR) is 75.7 cm³/mol. The molecule has 1 aliphatic heterocycles. The van der Waals surface area contributed by atoms with Crippen molar-refractivity contribution in [2.45, 2.75) is 0 Å². The SMILES string of the molecule is COC(=O)C1=C(C(=O)OC)N(c2c(Cl)ccc(F)c2F)COC1. The highest BCUT2D eigenvalue weighted by molar-refractivity contribution is 6.33. The lowest BCUT2D eigenvalue weighted by molar-refractivity contribution is -0.140. The monoisotopic (exact) mass is 347 g/mol. The molecule has 0 saturated carbocycles. The smallest absolute Gasteiger partial charge is 0.355 e. The summed E-state index contributed by atoms with van der Waals surface area (Å²) in [6.07, 6.45) is 0. The van der Waals surface area contributed by atoms with Crippen LogP contribution in [0, 0.1) is 11.6 Å². The van der Waals surface area contributed by atoms with Gasteiger partial charge < -0.3 is 19.1 Å². The predicted octanol–water partition coefficient (Wildman–Crippen LogP) is 2.01. The van der Waals surface area contributed by atoms with Crippen molar-refractivity contribution in [3.8, 4) is 0 Å². The molecular formula is C14H12ClF2NO5. The van der Waals surface area contributed by atoms with E-state index in [4.69, 9.17) is 16.3 Å². The van der Waals surface area contributed by atoms with Gasteiger partial charge in [-0.05, 0) is 12.1 Å². The molecule has 9 heteroatoms. The van der Waals surface area contributed by atoms with Gasteiger partial charge in [0.2, 0.25) is 0 Å². The third-order valence-corrected chi connectivity index (χ3v) is 3.43. The Hall–Kier alpha value is -2.19. The molecule has 0 aromatic heterocycles. The van der Waals surface area contributed by atoms with E-state index in [1.165, 1.54) is 0 Å². The fraction of sp³-hybridized carbons (Fsp3) is 0.286. The summed E-state index contributed by atoms with van der Waals surface area (Å²) < 4.78 is 42.0. The molecule has 124 valence electrons. The zero-order valence-corrected chi connectivity index (χ0v) is 12.9. The lowest BCUT2D eigenvalue weighted by atomic mass is 10.1. The van der Waals surface area contributed by atoms with E-state index in [9.17, 15) is 18.4 Å². The van der Waals surface area contributed by atoms with Crippen LogP contribution in [-0.2, 0) is 23.8 Å². The molecule has 23 heavy (non-hydrogen) atoms. The Morgan fingerprint density at radius 3 is 2.48 bits per heavy atom. The standard InChI is InChI=1S/C14H12ClF2NO5/c1-21-13(19)7-5-23-6-18(11(7)14(20)22-2)12-8(15)3-4-9(16)10(12)17/h3-4H,5-6H2,1-2H3. The number of nitrogens with zero attached hydrogens (tertiary/aromatic N) is 1. The Kier molecular flexibility index (Phi) is 5.17. The summed E-state index contributed by atoms with van der Waals surface area (Å²) >= 11 is 5.91. The fourth-order valence-corrected chi connectivity index (χ4v) is 2.33. The molecule has 0 unspecified atom stereocenters. The van der Waals surface area contributed by atoms with Crippen LogP contribution >= 0.6 is 11.6 Å². The first kappa shape index (κ1) is 17.2. The molecule has 1 aromatic rings. The molecule has 2 rings (SSSR count). The van der Waals surface area contributed by atoms with Crippen molar-refractivity contribution in [1.82, 2.24) is 0 Å². The van der Waals surface area contributed by atoms with Crippen LogP contribution in [0.1, 0.15) is 0 Å². The first-order valence-corrected chi connectivity index (χ1v) is 6.68. The van der Waals surface area contributed by atoms with Crippen molar-refractivity contribution < 1.29 is 32.6 Å². The summed E-state index contributed by atoms with van der Waals surface area (Å²) in [6, 6.07) is 1.96. The summed E-state index contributed by atoms with van der Waals surface area (Å²) in [5, 5.41) is -0.167. The number of carbonyl (C=O) groups excluding carboxylic acids is 2. The number of methoxy groups -OCH3 is 2. The van der Waals surface area contributed by atoms with E-state index >= 15 is 0 Å². The van der Waals surface area contributed by atoms with Crippen LogP contribution in [0.15, 0.2) is 23.4 Å². The molecule has 0 N–H and O–H groups in total. The highest BCUT2D eigenvalue weighted by Crippen LogP contribution is 2.35. The Balaban J connectivity index is 2.68. The maximum atomic E-state index is 14.2. The second-order valence-corrected chi connectivity index (χ2v) is 4.81. The molecule has 1 aromatic carbocycles. The van der Waals surface area contributed by atoms with Crippen molar-refractivity contribution in [1.29, 1.82) is 0 Å². The molecule has 0 amide bonds. The minimum absolute atomic E-state index is 0.167. The van der Waals surface area contributed by atoms with Crippen LogP contribution in [0.3, 0.4) is 0 Å².